The van der Waals surface area contributed by atoms with Crippen LogP contribution >= 0.6 is 11.3 Å². The molecule has 0 spiro atoms. The molecule has 0 saturated carbocycles. The fourth-order valence-electron chi connectivity index (χ4n) is 3.76. The van der Waals surface area contributed by atoms with Gasteiger partial charge in [0.2, 0.25) is 0 Å². The summed E-state index contributed by atoms with van der Waals surface area (Å²) in [7, 11) is 0. The second kappa shape index (κ2) is 6.02. The van der Waals surface area contributed by atoms with E-state index in [2.05, 4.69) is 27.1 Å². The maximum Gasteiger partial charge on any atom is 0.280 e. The Morgan fingerprint density at radius 2 is 2.13 bits per heavy atom. The summed E-state index contributed by atoms with van der Waals surface area (Å²) in [4.78, 5) is 24.6. The van der Waals surface area contributed by atoms with Crippen molar-refractivity contribution in [1.82, 2.24) is 20.2 Å². The molecule has 1 amide bonds. The molecule has 5 heterocycles. The van der Waals surface area contributed by atoms with Gasteiger partial charge in [0.1, 0.15) is 0 Å². The molecular formula is C17H20N4OS. The number of piperidine rings is 3. The van der Waals surface area contributed by atoms with Gasteiger partial charge in [0.05, 0.1) is 10.6 Å². The number of pyridine rings is 1. The molecule has 2 aromatic heterocycles. The number of amides is 1. The highest BCUT2D eigenvalue weighted by molar-refractivity contribution is 7.16. The SMILES string of the molecule is C[C@H]1[C@H](NC(=O)c2ncc(-c3ccccn3)s2)C2CCN1CC2. The highest BCUT2D eigenvalue weighted by Crippen LogP contribution is 2.32. The predicted octanol–water partition coefficient (Wildman–Crippen LogP) is 2.42. The van der Waals surface area contributed by atoms with Crippen molar-refractivity contribution in [2.24, 2.45) is 5.92 Å². The summed E-state index contributed by atoms with van der Waals surface area (Å²) in [6, 6.07) is 6.42. The fourth-order valence-corrected chi connectivity index (χ4v) is 4.56. The zero-order valence-corrected chi connectivity index (χ0v) is 13.9. The van der Waals surface area contributed by atoms with Gasteiger partial charge in [-0.15, -0.1) is 11.3 Å². The van der Waals surface area contributed by atoms with Crippen LogP contribution < -0.4 is 5.32 Å². The lowest BCUT2D eigenvalue weighted by molar-refractivity contribution is 0.0217. The molecule has 2 bridgehead atoms. The van der Waals surface area contributed by atoms with E-state index in [1.807, 2.05) is 18.2 Å². The Hall–Kier alpha value is -1.79. The first-order chi connectivity index (χ1) is 11.2. The average Bonchev–Trinajstić information content (AvgIpc) is 3.09. The molecule has 0 aromatic carbocycles. The molecule has 5 nitrogen and oxygen atoms in total. The third-order valence-electron chi connectivity index (χ3n) is 5.09. The minimum atomic E-state index is -0.0530. The van der Waals surface area contributed by atoms with Crippen LogP contribution in [0.3, 0.4) is 0 Å². The van der Waals surface area contributed by atoms with Crippen LogP contribution in [0.5, 0.6) is 0 Å². The van der Waals surface area contributed by atoms with E-state index < -0.39 is 0 Å². The third-order valence-corrected chi connectivity index (χ3v) is 6.11. The summed E-state index contributed by atoms with van der Waals surface area (Å²) < 4.78 is 0. The molecule has 1 N–H and O–H groups in total. The van der Waals surface area contributed by atoms with Crippen LogP contribution in [0, 0.1) is 5.92 Å². The van der Waals surface area contributed by atoms with Gasteiger partial charge < -0.3 is 5.32 Å². The van der Waals surface area contributed by atoms with E-state index >= 15 is 0 Å². The second-order valence-corrected chi connectivity index (χ2v) is 7.39. The molecule has 0 aliphatic carbocycles. The van der Waals surface area contributed by atoms with Crippen molar-refractivity contribution in [3.05, 3.63) is 35.6 Å². The van der Waals surface area contributed by atoms with Crippen molar-refractivity contribution in [1.29, 1.82) is 0 Å². The van der Waals surface area contributed by atoms with Gasteiger partial charge in [-0.1, -0.05) is 6.07 Å². The van der Waals surface area contributed by atoms with Gasteiger partial charge in [0.25, 0.3) is 5.91 Å². The molecule has 0 radical (unpaired) electrons. The standard InChI is InChI=1S/C17H20N4OS/c1-11-15(12-5-8-21(11)9-6-12)20-16(22)17-19-10-14(23-17)13-4-2-3-7-18-13/h2-4,7,10-12,15H,5-6,8-9H2,1H3,(H,20,22)/t11-,15-/m0/s1. The topological polar surface area (TPSA) is 58.1 Å². The number of thiazole rings is 1. The first-order valence-electron chi connectivity index (χ1n) is 8.14. The first kappa shape index (κ1) is 14.8. The number of aromatic nitrogens is 2. The zero-order valence-electron chi connectivity index (χ0n) is 13.1. The van der Waals surface area contributed by atoms with Crippen LogP contribution in [0.4, 0.5) is 0 Å². The van der Waals surface area contributed by atoms with Crippen molar-refractivity contribution in [3.8, 4) is 10.6 Å². The second-order valence-electron chi connectivity index (χ2n) is 6.36. The lowest BCUT2D eigenvalue weighted by Crippen LogP contribution is -2.62. The molecule has 5 rings (SSSR count). The maximum absolute atomic E-state index is 12.6. The van der Waals surface area contributed by atoms with E-state index in [-0.39, 0.29) is 11.9 Å². The lowest BCUT2D eigenvalue weighted by atomic mass is 9.79. The summed E-state index contributed by atoms with van der Waals surface area (Å²) in [6.45, 7) is 4.55. The number of nitrogens with one attached hydrogen (secondary N) is 1. The largest absolute Gasteiger partial charge is 0.345 e. The summed E-state index contributed by atoms with van der Waals surface area (Å²) in [6.07, 6.45) is 5.87. The molecular weight excluding hydrogens is 308 g/mol. The highest BCUT2D eigenvalue weighted by atomic mass is 32.1. The molecule has 6 heteroatoms. The van der Waals surface area contributed by atoms with Crippen LogP contribution in [0.25, 0.3) is 10.6 Å². The Morgan fingerprint density at radius 1 is 1.30 bits per heavy atom. The minimum absolute atomic E-state index is 0.0530. The summed E-state index contributed by atoms with van der Waals surface area (Å²) in [5.74, 6) is 0.553. The van der Waals surface area contributed by atoms with Gasteiger partial charge in [0, 0.05) is 24.5 Å². The van der Waals surface area contributed by atoms with E-state index in [0.29, 0.717) is 17.0 Å². The number of carbonyl (C=O) groups is 1. The van der Waals surface area contributed by atoms with E-state index in [1.54, 1.807) is 12.4 Å². The Balaban J connectivity index is 1.49. The Kier molecular flexibility index (Phi) is 3.87. The number of hydrogen-bond acceptors (Lipinski definition) is 5. The van der Waals surface area contributed by atoms with Crippen LogP contribution in [0.15, 0.2) is 30.6 Å². The molecule has 0 unspecified atom stereocenters. The van der Waals surface area contributed by atoms with Crippen LogP contribution in [-0.2, 0) is 0 Å². The smallest absolute Gasteiger partial charge is 0.280 e. The molecule has 2 aromatic rings. The lowest BCUT2D eigenvalue weighted by Gasteiger charge is -2.49. The van der Waals surface area contributed by atoms with E-state index in [9.17, 15) is 4.79 Å². The number of nitrogens with zero attached hydrogens (tertiary/aromatic N) is 3. The number of rotatable bonds is 3. The Bertz CT molecular complexity index is 692. The van der Waals surface area contributed by atoms with E-state index in [1.165, 1.54) is 37.3 Å². The summed E-state index contributed by atoms with van der Waals surface area (Å²) in [5, 5.41) is 3.75. The monoisotopic (exact) mass is 328 g/mol. The van der Waals surface area contributed by atoms with Crippen LogP contribution in [0.1, 0.15) is 29.6 Å². The van der Waals surface area contributed by atoms with E-state index in [0.717, 1.165) is 10.6 Å². The zero-order chi connectivity index (χ0) is 15.8. The third kappa shape index (κ3) is 2.77. The minimum Gasteiger partial charge on any atom is -0.345 e. The van der Waals surface area contributed by atoms with Crippen molar-refractivity contribution in [3.63, 3.8) is 0 Å². The molecule has 120 valence electrons. The van der Waals surface area contributed by atoms with Crippen molar-refractivity contribution < 1.29 is 4.79 Å². The fraction of sp³-hybridized carbons (Fsp3) is 0.471. The first-order valence-corrected chi connectivity index (χ1v) is 8.96. The van der Waals surface area contributed by atoms with E-state index in [4.69, 9.17) is 0 Å². The van der Waals surface area contributed by atoms with Crippen molar-refractivity contribution in [2.75, 3.05) is 13.1 Å². The van der Waals surface area contributed by atoms with Gasteiger partial charge in [-0.05, 0) is 50.9 Å². The number of fused-ring (bicyclic) bond motifs is 3. The quantitative estimate of drug-likeness (QED) is 0.940. The Morgan fingerprint density at radius 3 is 2.83 bits per heavy atom. The average molecular weight is 328 g/mol. The van der Waals surface area contributed by atoms with Crippen molar-refractivity contribution >= 4 is 17.2 Å². The number of carbonyl (C=O) groups excluding carboxylic acids is 1. The van der Waals surface area contributed by atoms with Gasteiger partial charge in [-0.3, -0.25) is 14.7 Å². The van der Waals surface area contributed by atoms with Crippen LogP contribution in [-0.4, -0.2) is 45.9 Å². The summed E-state index contributed by atoms with van der Waals surface area (Å²) >= 11 is 1.40. The molecule has 3 aliphatic heterocycles. The van der Waals surface area contributed by atoms with Gasteiger partial charge in [0.15, 0.2) is 5.01 Å². The van der Waals surface area contributed by atoms with Gasteiger partial charge in [-0.25, -0.2) is 4.98 Å². The number of hydrogen-bond donors (Lipinski definition) is 1. The molecule has 3 fully saturated rings. The Labute approximate surface area is 139 Å². The highest BCUT2D eigenvalue weighted by Gasteiger charge is 2.40. The van der Waals surface area contributed by atoms with Crippen molar-refractivity contribution in [2.45, 2.75) is 31.8 Å². The van der Waals surface area contributed by atoms with Gasteiger partial charge in [-0.2, -0.15) is 0 Å². The maximum atomic E-state index is 12.6. The van der Waals surface area contributed by atoms with Gasteiger partial charge >= 0.3 is 0 Å². The molecule has 3 saturated heterocycles. The molecule has 3 aliphatic rings. The van der Waals surface area contributed by atoms with Crippen LogP contribution in [0.2, 0.25) is 0 Å². The molecule has 2 atom stereocenters. The predicted molar refractivity (Wildman–Crippen MR) is 90.4 cm³/mol. The normalized spacial score (nSPS) is 29.4. The summed E-state index contributed by atoms with van der Waals surface area (Å²) in [5.41, 5.74) is 0.861. The molecule has 23 heavy (non-hydrogen) atoms.